The Balaban J connectivity index is 1.71. The minimum Gasteiger partial charge on any atom is -0.493 e. The lowest BCUT2D eigenvalue weighted by atomic mass is 10.2. The van der Waals surface area contributed by atoms with Gasteiger partial charge in [0.2, 0.25) is 10.0 Å². The molecular weight excluding hydrogens is 352 g/mol. The quantitative estimate of drug-likeness (QED) is 0.306. The highest BCUT2D eigenvalue weighted by atomic mass is 32.2. The molecule has 0 spiro atoms. The number of nitrogens with zero attached hydrogens (tertiary/aromatic N) is 1. The summed E-state index contributed by atoms with van der Waals surface area (Å²) in [6.07, 6.45) is 3.22. The summed E-state index contributed by atoms with van der Waals surface area (Å²) < 4.78 is 31.2. The van der Waals surface area contributed by atoms with Gasteiger partial charge < -0.3 is 15.4 Å². The number of ether oxygens (including phenoxy) is 1. The van der Waals surface area contributed by atoms with Crippen LogP contribution in [0.4, 0.5) is 0 Å². The van der Waals surface area contributed by atoms with E-state index in [0.717, 1.165) is 23.8 Å². The summed E-state index contributed by atoms with van der Waals surface area (Å²) in [5, 5.41) is 6.45. The first kappa shape index (κ1) is 20.5. The zero-order valence-electron chi connectivity index (χ0n) is 15.6. The third kappa shape index (κ3) is 7.61. The van der Waals surface area contributed by atoms with Gasteiger partial charge in [-0.1, -0.05) is 18.2 Å². The molecule has 146 valence electrons. The number of aliphatic imine (C=N–C) groups is 1. The summed E-state index contributed by atoms with van der Waals surface area (Å²) in [5.74, 6) is 2.42. The molecule has 1 saturated carbocycles. The summed E-state index contributed by atoms with van der Waals surface area (Å²) in [6.45, 7) is 4.07. The van der Waals surface area contributed by atoms with Gasteiger partial charge in [-0.15, -0.1) is 0 Å². The third-order valence-corrected chi connectivity index (χ3v) is 5.57. The van der Waals surface area contributed by atoms with E-state index in [1.165, 1.54) is 12.8 Å². The molecule has 0 aromatic heterocycles. The molecule has 8 heteroatoms. The molecule has 1 aliphatic rings. The molecule has 0 atom stereocenters. The Morgan fingerprint density at radius 2 is 2.00 bits per heavy atom. The highest BCUT2D eigenvalue weighted by Crippen LogP contribution is 2.30. The van der Waals surface area contributed by atoms with E-state index in [-0.39, 0.29) is 5.75 Å². The van der Waals surface area contributed by atoms with Crippen molar-refractivity contribution in [1.29, 1.82) is 0 Å². The molecule has 0 unspecified atom stereocenters. The van der Waals surface area contributed by atoms with Gasteiger partial charge in [-0.3, -0.25) is 4.99 Å². The maximum Gasteiger partial charge on any atom is 0.211 e. The molecular formula is C18H30N4O3S. The number of guanidine groups is 1. The molecule has 3 N–H and O–H groups in total. The van der Waals surface area contributed by atoms with E-state index in [4.69, 9.17) is 4.74 Å². The highest BCUT2D eigenvalue weighted by Gasteiger charge is 2.22. The van der Waals surface area contributed by atoms with Crippen molar-refractivity contribution < 1.29 is 13.2 Å². The van der Waals surface area contributed by atoms with Crippen molar-refractivity contribution in [2.24, 2.45) is 10.9 Å². The van der Waals surface area contributed by atoms with Crippen LogP contribution in [0.15, 0.2) is 29.3 Å². The molecule has 1 aliphatic carbocycles. The van der Waals surface area contributed by atoms with Crippen LogP contribution < -0.4 is 20.1 Å². The van der Waals surface area contributed by atoms with Crippen molar-refractivity contribution in [1.82, 2.24) is 15.4 Å². The van der Waals surface area contributed by atoms with Crippen LogP contribution in [0.5, 0.6) is 5.75 Å². The van der Waals surface area contributed by atoms with Gasteiger partial charge in [0, 0.05) is 32.2 Å². The van der Waals surface area contributed by atoms with Gasteiger partial charge in [0.15, 0.2) is 5.96 Å². The van der Waals surface area contributed by atoms with Crippen LogP contribution in [0.2, 0.25) is 0 Å². The maximum absolute atomic E-state index is 11.4. The number of hydrogen-bond donors (Lipinski definition) is 3. The second-order valence-electron chi connectivity index (χ2n) is 6.37. The Hall–Kier alpha value is -1.80. The van der Waals surface area contributed by atoms with Crippen molar-refractivity contribution in [2.75, 3.05) is 32.5 Å². The highest BCUT2D eigenvalue weighted by molar-refractivity contribution is 7.89. The Labute approximate surface area is 156 Å². The maximum atomic E-state index is 11.4. The molecule has 0 heterocycles. The predicted octanol–water partition coefficient (Wildman–Crippen LogP) is 1.47. The number of rotatable bonds is 11. The second-order valence-corrected chi connectivity index (χ2v) is 8.46. The van der Waals surface area contributed by atoms with Crippen LogP contribution in [0, 0.1) is 5.92 Å². The van der Waals surface area contributed by atoms with Crippen molar-refractivity contribution in [3.8, 4) is 5.75 Å². The lowest BCUT2D eigenvalue weighted by Gasteiger charge is -2.15. The molecule has 0 saturated heterocycles. The van der Waals surface area contributed by atoms with Gasteiger partial charge in [0.05, 0.1) is 12.4 Å². The van der Waals surface area contributed by atoms with E-state index in [1.54, 1.807) is 14.0 Å². The molecule has 1 aromatic rings. The topological polar surface area (TPSA) is 91.8 Å². The standard InChI is InChI=1S/C18H30N4O3S/c1-3-26(23,24)22-12-6-11-20-18(19-2)21-13-16-7-4-5-8-17(16)25-14-15-9-10-15/h4-5,7-8,15,22H,3,6,9-14H2,1-2H3,(H2,19,20,21). The van der Waals surface area contributed by atoms with Crippen LogP contribution in [-0.2, 0) is 16.6 Å². The zero-order valence-corrected chi connectivity index (χ0v) is 16.4. The fourth-order valence-electron chi connectivity index (χ4n) is 2.31. The van der Waals surface area contributed by atoms with E-state index < -0.39 is 10.0 Å². The fraction of sp³-hybridized carbons (Fsp3) is 0.611. The van der Waals surface area contributed by atoms with Crippen LogP contribution in [-0.4, -0.2) is 46.9 Å². The van der Waals surface area contributed by atoms with Crippen LogP contribution in [0.3, 0.4) is 0 Å². The second kappa shape index (κ2) is 10.4. The Morgan fingerprint density at radius 1 is 1.23 bits per heavy atom. The molecule has 26 heavy (non-hydrogen) atoms. The summed E-state index contributed by atoms with van der Waals surface area (Å²) >= 11 is 0. The Bertz CT molecular complexity index is 687. The number of sulfonamides is 1. The van der Waals surface area contributed by atoms with E-state index in [1.807, 2.05) is 24.3 Å². The number of nitrogens with one attached hydrogen (secondary N) is 3. The van der Waals surface area contributed by atoms with Crippen LogP contribution in [0.25, 0.3) is 0 Å². The summed E-state index contributed by atoms with van der Waals surface area (Å²) in [4.78, 5) is 4.19. The van der Waals surface area contributed by atoms with E-state index in [2.05, 4.69) is 20.3 Å². The predicted molar refractivity (Wildman–Crippen MR) is 105 cm³/mol. The molecule has 1 aromatic carbocycles. The third-order valence-electron chi connectivity index (χ3n) is 4.16. The summed E-state index contributed by atoms with van der Waals surface area (Å²) in [6, 6.07) is 8.02. The molecule has 7 nitrogen and oxygen atoms in total. The Kier molecular flexibility index (Phi) is 8.18. The van der Waals surface area contributed by atoms with Crippen LogP contribution in [0.1, 0.15) is 31.7 Å². The SMILES string of the molecule is CCS(=O)(=O)NCCCNC(=NC)NCc1ccccc1OCC1CC1. The molecule has 0 aliphatic heterocycles. The molecule has 0 radical (unpaired) electrons. The van der Waals surface area contributed by atoms with E-state index in [9.17, 15) is 8.42 Å². The van der Waals surface area contributed by atoms with Gasteiger partial charge >= 0.3 is 0 Å². The normalized spacial score (nSPS) is 14.9. The average molecular weight is 383 g/mol. The first-order chi connectivity index (χ1) is 12.5. The van der Waals surface area contributed by atoms with E-state index >= 15 is 0 Å². The summed E-state index contributed by atoms with van der Waals surface area (Å²) in [5.41, 5.74) is 1.09. The largest absolute Gasteiger partial charge is 0.493 e. The van der Waals surface area contributed by atoms with Crippen molar-refractivity contribution in [3.63, 3.8) is 0 Å². The lowest BCUT2D eigenvalue weighted by molar-refractivity contribution is 0.296. The van der Waals surface area contributed by atoms with Crippen LogP contribution >= 0.6 is 0 Å². The lowest BCUT2D eigenvalue weighted by Crippen LogP contribution is -2.38. The first-order valence-corrected chi connectivity index (χ1v) is 10.8. The average Bonchev–Trinajstić information content (AvgIpc) is 3.47. The monoisotopic (exact) mass is 382 g/mol. The number of para-hydroxylation sites is 1. The number of benzene rings is 1. The van der Waals surface area contributed by atoms with Gasteiger partial charge in [0.1, 0.15) is 5.75 Å². The Morgan fingerprint density at radius 3 is 2.69 bits per heavy atom. The number of hydrogen-bond acceptors (Lipinski definition) is 4. The molecule has 0 bridgehead atoms. The van der Waals surface area contributed by atoms with Crippen molar-refractivity contribution in [3.05, 3.63) is 29.8 Å². The molecule has 0 amide bonds. The van der Waals surface area contributed by atoms with Gasteiger partial charge in [0.25, 0.3) is 0 Å². The minimum atomic E-state index is -3.12. The minimum absolute atomic E-state index is 0.103. The first-order valence-electron chi connectivity index (χ1n) is 9.16. The zero-order chi connectivity index (χ0) is 18.8. The molecule has 2 rings (SSSR count). The van der Waals surface area contributed by atoms with Gasteiger partial charge in [-0.25, -0.2) is 13.1 Å². The van der Waals surface area contributed by atoms with Gasteiger partial charge in [-0.05, 0) is 38.2 Å². The van der Waals surface area contributed by atoms with Crippen molar-refractivity contribution >= 4 is 16.0 Å². The van der Waals surface area contributed by atoms with Gasteiger partial charge in [-0.2, -0.15) is 0 Å². The fourth-order valence-corrected chi connectivity index (χ4v) is 2.97. The summed E-state index contributed by atoms with van der Waals surface area (Å²) in [7, 11) is -1.41. The smallest absolute Gasteiger partial charge is 0.211 e. The van der Waals surface area contributed by atoms with E-state index in [0.29, 0.717) is 32.0 Å². The molecule has 1 fully saturated rings. The van der Waals surface area contributed by atoms with Crippen molar-refractivity contribution in [2.45, 2.75) is 32.7 Å².